The average molecular weight is 276 g/mol. The zero-order chi connectivity index (χ0) is 12.5. The van der Waals surface area contributed by atoms with Crippen molar-refractivity contribution < 1.29 is 9.47 Å². The summed E-state index contributed by atoms with van der Waals surface area (Å²) in [5, 5.41) is 0. The van der Waals surface area contributed by atoms with E-state index in [1.807, 2.05) is 13.8 Å². The van der Waals surface area contributed by atoms with E-state index in [2.05, 4.69) is 37.4 Å². The average Bonchev–Trinajstić information content (AvgIpc) is 2.28. The van der Waals surface area contributed by atoms with E-state index >= 15 is 0 Å². The quantitative estimate of drug-likeness (QED) is 0.764. The fourth-order valence-electron chi connectivity index (χ4n) is 2.76. The van der Waals surface area contributed by atoms with E-state index in [1.165, 1.54) is 17.9 Å². The number of hydrogen-bond acceptors (Lipinski definition) is 4. The fraction of sp³-hybridized carbons (Fsp3) is 1.00. The molecule has 2 aliphatic heterocycles. The summed E-state index contributed by atoms with van der Waals surface area (Å²) in [6.45, 7) is 8.53. The van der Waals surface area contributed by atoms with E-state index in [1.54, 1.807) is 0 Å². The van der Waals surface area contributed by atoms with Crippen LogP contribution in [0.25, 0.3) is 0 Å². The topological polar surface area (TPSA) is 18.5 Å². The second-order valence-corrected chi connectivity index (χ2v) is 8.14. The molecule has 0 N–H and O–H groups in total. The van der Waals surface area contributed by atoms with Crippen LogP contribution in [-0.4, -0.2) is 34.1 Å². The van der Waals surface area contributed by atoms with Crippen molar-refractivity contribution in [3.8, 4) is 0 Å². The Bertz CT molecular complexity index is 252. The molecule has 2 saturated heterocycles. The first-order valence-electron chi connectivity index (χ1n) is 6.62. The highest BCUT2D eigenvalue weighted by atomic mass is 32.2. The van der Waals surface area contributed by atoms with Crippen LogP contribution in [0, 0.1) is 5.92 Å². The van der Waals surface area contributed by atoms with E-state index < -0.39 is 5.79 Å². The Morgan fingerprint density at radius 3 is 2.41 bits per heavy atom. The highest BCUT2D eigenvalue weighted by Crippen LogP contribution is 2.43. The summed E-state index contributed by atoms with van der Waals surface area (Å²) >= 11 is 4.15. The first-order valence-corrected chi connectivity index (χ1v) is 8.72. The molecule has 2 aliphatic rings. The maximum absolute atomic E-state index is 6.22. The third-order valence-electron chi connectivity index (χ3n) is 3.51. The van der Waals surface area contributed by atoms with E-state index in [0.717, 1.165) is 6.42 Å². The van der Waals surface area contributed by atoms with Crippen LogP contribution >= 0.6 is 23.5 Å². The summed E-state index contributed by atoms with van der Waals surface area (Å²) in [6, 6.07) is 0. The smallest absolute Gasteiger partial charge is 0.163 e. The zero-order valence-corrected chi connectivity index (χ0v) is 12.9. The van der Waals surface area contributed by atoms with Crippen LogP contribution in [0.3, 0.4) is 0 Å². The number of ether oxygens (including phenoxy) is 2. The number of rotatable bonds is 2. The number of hydrogen-bond donors (Lipinski definition) is 0. The second-order valence-electron chi connectivity index (χ2n) is 5.34. The number of thioether (sulfide) groups is 2. The molecule has 0 spiro atoms. The van der Waals surface area contributed by atoms with Gasteiger partial charge >= 0.3 is 0 Å². The van der Waals surface area contributed by atoms with Crippen molar-refractivity contribution in [1.29, 1.82) is 0 Å². The Balaban J connectivity index is 2.09. The van der Waals surface area contributed by atoms with Gasteiger partial charge in [0.25, 0.3) is 0 Å². The molecule has 0 aliphatic carbocycles. The fourth-order valence-corrected chi connectivity index (χ4v) is 5.89. The summed E-state index contributed by atoms with van der Waals surface area (Å²) in [6.07, 6.45) is 3.12. The Kier molecular flexibility index (Phi) is 4.73. The summed E-state index contributed by atoms with van der Waals surface area (Å²) in [7, 11) is 0. The van der Waals surface area contributed by atoms with E-state index in [0.29, 0.717) is 22.7 Å². The van der Waals surface area contributed by atoms with Crippen molar-refractivity contribution in [3.05, 3.63) is 0 Å². The van der Waals surface area contributed by atoms with Gasteiger partial charge in [-0.2, -0.15) is 0 Å². The second kappa shape index (κ2) is 5.72. The van der Waals surface area contributed by atoms with Crippen LogP contribution in [0.15, 0.2) is 0 Å². The minimum absolute atomic E-state index is 0.303. The Labute approximate surface area is 114 Å². The third-order valence-corrected chi connectivity index (χ3v) is 6.57. The molecule has 17 heavy (non-hydrogen) atoms. The van der Waals surface area contributed by atoms with Gasteiger partial charge in [-0.25, -0.2) is 0 Å². The summed E-state index contributed by atoms with van der Waals surface area (Å²) in [5.74, 6) is 2.67. The van der Waals surface area contributed by atoms with Crippen LogP contribution < -0.4 is 0 Å². The van der Waals surface area contributed by atoms with Crippen molar-refractivity contribution in [2.75, 3.05) is 11.5 Å². The van der Waals surface area contributed by atoms with Gasteiger partial charge in [0.1, 0.15) is 0 Å². The molecule has 100 valence electrons. The van der Waals surface area contributed by atoms with Crippen LogP contribution in [0.4, 0.5) is 0 Å². The lowest BCUT2D eigenvalue weighted by Crippen LogP contribution is -2.53. The Morgan fingerprint density at radius 2 is 1.82 bits per heavy atom. The molecule has 0 amide bonds. The highest BCUT2D eigenvalue weighted by Gasteiger charge is 2.44. The molecule has 2 heterocycles. The van der Waals surface area contributed by atoms with E-state index in [9.17, 15) is 0 Å². The lowest BCUT2D eigenvalue weighted by molar-refractivity contribution is -0.314. The van der Waals surface area contributed by atoms with E-state index in [-0.39, 0.29) is 0 Å². The molecule has 3 atom stereocenters. The first-order chi connectivity index (χ1) is 8.03. The van der Waals surface area contributed by atoms with Gasteiger partial charge in [0, 0.05) is 5.92 Å². The SMILES string of the molecule is CC[C@H]1[C@H](C)OC(C)(C)O[C@H]1C1SCCCS1. The van der Waals surface area contributed by atoms with Crippen molar-refractivity contribution in [3.63, 3.8) is 0 Å². The standard InChI is InChI=1S/C13H24O2S2/c1-5-10-9(2)14-13(3,4)15-11(10)12-16-7-6-8-17-12/h9-12H,5-8H2,1-4H3/t9-,10-,11+/m0/s1. The minimum atomic E-state index is -0.422. The molecule has 4 heteroatoms. The Morgan fingerprint density at radius 1 is 1.18 bits per heavy atom. The van der Waals surface area contributed by atoms with Gasteiger partial charge in [-0.15, -0.1) is 23.5 Å². The van der Waals surface area contributed by atoms with Crippen LogP contribution in [0.1, 0.15) is 40.5 Å². The zero-order valence-electron chi connectivity index (χ0n) is 11.3. The van der Waals surface area contributed by atoms with Gasteiger partial charge in [0.2, 0.25) is 0 Å². The predicted octanol–water partition coefficient (Wildman–Crippen LogP) is 3.75. The van der Waals surface area contributed by atoms with Gasteiger partial charge in [-0.3, -0.25) is 0 Å². The van der Waals surface area contributed by atoms with Gasteiger partial charge in [0.05, 0.1) is 16.8 Å². The van der Waals surface area contributed by atoms with Gasteiger partial charge in [-0.05, 0) is 45.1 Å². The lowest BCUT2D eigenvalue weighted by Gasteiger charge is -2.47. The molecule has 0 bridgehead atoms. The molecule has 0 saturated carbocycles. The van der Waals surface area contributed by atoms with Crippen LogP contribution in [-0.2, 0) is 9.47 Å². The Hall–Kier alpha value is 0.620. The lowest BCUT2D eigenvalue weighted by atomic mass is 9.92. The molecular weight excluding hydrogens is 252 g/mol. The largest absolute Gasteiger partial charge is 0.347 e. The molecule has 2 nitrogen and oxygen atoms in total. The van der Waals surface area contributed by atoms with Crippen molar-refractivity contribution in [2.24, 2.45) is 5.92 Å². The van der Waals surface area contributed by atoms with Crippen LogP contribution in [0.2, 0.25) is 0 Å². The normalized spacial score (nSPS) is 39.2. The van der Waals surface area contributed by atoms with Crippen LogP contribution in [0.5, 0.6) is 0 Å². The van der Waals surface area contributed by atoms with Gasteiger partial charge in [-0.1, -0.05) is 6.92 Å². The highest BCUT2D eigenvalue weighted by molar-refractivity contribution is 8.17. The molecule has 2 fully saturated rings. The first kappa shape index (κ1) is 14.0. The summed E-state index contributed by atoms with van der Waals surface area (Å²) in [5.41, 5.74) is 0. The molecule has 2 rings (SSSR count). The predicted molar refractivity (Wildman–Crippen MR) is 76.6 cm³/mol. The van der Waals surface area contributed by atoms with Crippen molar-refractivity contribution in [2.45, 2.75) is 63.1 Å². The summed E-state index contributed by atoms with van der Waals surface area (Å²) < 4.78 is 12.8. The third kappa shape index (κ3) is 3.34. The molecule has 0 radical (unpaired) electrons. The molecule has 0 aromatic rings. The summed E-state index contributed by atoms with van der Waals surface area (Å²) in [4.78, 5) is 0. The maximum atomic E-state index is 6.22. The minimum Gasteiger partial charge on any atom is -0.347 e. The maximum Gasteiger partial charge on any atom is 0.163 e. The molecule has 0 aromatic heterocycles. The van der Waals surface area contributed by atoms with Crippen molar-refractivity contribution >= 4 is 23.5 Å². The molecule has 0 aromatic carbocycles. The van der Waals surface area contributed by atoms with E-state index in [4.69, 9.17) is 9.47 Å². The van der Waals surface area contributed by atoms with Crippen molar-refractivity contribution in [1.82, 2.24) is 0 Å². The molecular formula is C13H24O2S2. The van der Waals surface area contributed by atoms with Gasteiger partial charge < -0.3 is 9.47 Å². The monoisotopic (exact) mass is 276 g/mol. The molecule has 0 unspecified atom stereocenters. The van der Waals surface area contributed by atoms with Gasteiger partial charge in [0.15, 0.2) is 5.79 Å².